The van der Waals surface area contributed by atoms with E-state index in [9.17, 15) is 18.3 Å². The van der Waals surface area contributed by atoms with Crippen molar-refractivity contribution < 1.29 is 32.5 Å². The van der Waals surface area contributed by atoms with Crippen molar-refractivity contribution in [3.63, 3.8) is 0 Å². The number of hydrogen-bond donors (Lipinski definition) is 1. The highest BCUT2D eigenvalue weighted by atomic mass is 32.2. The summed E-state index contributed by atoms with van der Waals surface area (Å²) >= 11 is 0. The molecule has 2 aromatic rings. The van der Waals surface area contributed by atoms with Gasteiger partial charge in [0.2, 0.25) is 6.79 Å². The van der Waals surface area contributed by atoms with Crippen LogP contribution in [0.15, 0.2) is 53.1 Å². The average molecular weight is 375 g/mol. The lowest BCUT2D eigenvalue weighted by Gasteiger charge is -2.30. The molecule has 0 atom stereocenters. The van der Waals surface area contributed by atoms with Gasteiger partial charge in [-0.15, -0.1) is 0 Å². The van der Waals surface area contributed by atoms with Gasteiger partial charge in [0, 0.05) is 11.6 Å². The molecule has 1 N–H and O–H groups in total. The first-order valence-electron chi connectivity index (χ1n) is 7.51. The third-order valence-electron chi connectivity index (χ3n) is 4.06. The van der Waals surface area contributed by atoms with Crippen LogP contribution in [0.2, 0.25) is 0 Å². The number of carbonyl (C=O) groups excluding carboxylic acids is 1. The van der Waals surface area contributed by atoms with Crippen LogP contribution < -0.4 is 13.8 Å². The summed E-state index contributed by atoms with van der Waals surface area (Å²) in [5, 5.41) is 10.6. The van der Waals surface area contributed by atoms with Crippen LogP contribution in [0.5, 0.6) is 11.5 Å². The molecule has 0 spiro atoms. The molecule has 2 aliphatic rings. The van der Waals surface area contributed by atoms with Crippen molar-refractivity contribution >= 4 is 27.4 Å². The number of benzene rings is 2. The predicted octanol–water partition coefficient (Wildman–Crippen LogP) is 2.02. The Morgan fingerprint density at radius 1 is 1.15 bits per heavy atom. The van der Waals surface area contributed by atoms with Gasteiger partial charge in [-0.1, -0.05) is 12.1 Å². The Hall–Kier alpha value is -3.20. The summed E-state index contributed by atoms with van der Waals surface area (Å²) in [4.78, 5) is 12.2. The third kappa shape index (κ3) is 2.21. The fourth-order valence-electron chi connectivity index (χ4n) is 2.89. The van der Waals surface area contributed by atoms with Crippen LogP contribution in [0.25, 0.3) is 5.76 Å². The molecule has 8 nitrogen and oxygen atoms in total. The molecule has 0 radical (unpaired) electrons. The number of esters is 1. The first-order valence-corrected chi connectivity index (χ1v) is 8.95. The Bertz CT molecular complexity index is 1060. The van der Waals surface area contributed by atoms with Crippen LogP contribution in [0.4, 0.5) is 5.69 Å². The highest BCUT2D eigenvalue weighted by Crippen LogP contribution is 2.42. The Morgan fingerprint density at radius 3 is 2.65 bits per heavy atom. The fraction of sp³-hybridized carbons (Fsp3) is 0.118. The molecule has 0 aromatic heterocycles. The molecule has 0 amide bonds. The maximum atomic E-state index is 13.2. The van der Waals surface area contributed by atoms with Gasteiger partial charge in [-0.05, 0) is 24.3 Å². The largest absolute Gasteiger partial charge is 0.505 e. The Balaban J connectivity index is 2.00. The molecular weight excluding hydrogens is 362 g/mol. The van der Waals surface area contributed by atoms with Crippen LogP contribution in [-0.2, 0) is 19.6 Å². The van der Waals surface area contributed by atoms with Crippen LogP contribution >= 0.6 is 0 Å². The monoisotopic (exact) mass is 375 g/mol. The number of fused-ring (bicyclic) bond motifs is 2. The molecule has 0 bridgehead atoms. The third-order valence-corrected chi connectivity index (χ3v) is 5.84. The van der Waals surface area contributed by atoms with Crippen molar-refractivity contribution in [1.29, 1.82) is 0 Å². The molecule has 26 heavy (non-hydrogen) atoms. The topological polar surface area (TPSA) is 102 Å². The maximum absolute atomic E-state index is 13.2. The second kappa shape index (κ2) is 5.67. The fourth-order valence-corrected chi connectivity index (χ4v) is 4.57. The van der Waals surface area contributed by atoms with Crippen LogP contribution in [0, 0.1) is 0 Å². The van der Waals surface area contributed by atoms with Gasteiger partial charge in [0.05, 0.1) is 17.7 Å². The molecule has 4 rings (SSSR count). The second-order valence-corrected chi connectivity index (χ2v) is 7.25. The summed E-state index contributed by atoms with van der Waals surface area (Å²) in [5.74, 6) is -0.685. The number of ether oxygens (including phenoxy) is 3. The molecule has 0 aliphatic carbocycles. The molecular formula is C17H13NO7S. The molecule has 134 valence electrons. The van der Waals surface area contributed by atoms with Crippen molar-refractivity contribution in [1.82, 2.24) is 0 Å². The van der Waals surface area contributed by atoms with Crippen LogP contribution in [0.1, 0.15) is 5.56 Å². The Labute approximate surface area is 148 Å². The van der Waals surface area contributed by atoms with Crippen molar-refractivity contribution in [2.75, 3.05) is 18.2 Å². The quantitative estimate of drug-likeness (QED) is 0.801. The van der Waals surface area contributed by atoms with Crippen molar-refractivity contribution in [3.8, 4) is 11.5 Å². The van der Waals surface area contributed by atoms with Gasteiger partial charge >= 0.3 is 5.97 Å². The van der Waals surface area contributed by atoms with E-state index in [1.54, 1.807) is 6.07 Å². The lowest BCUT2D eigenvalue weighted by atomic mass is 10.1. The number of aliphatic hydroxyl groups is 1. The number of aliphatic hydroxyl groups excluding tert-OH is 1. The number of carbonyl (C=O) groups is 1. The zero-order valence-electron chi connectivity index (χ0n) is 13.5. The highest BCUT2D eigenvalue weighted by molar-refractivity contribution is 7.93. The highest BCUT2D eigenvalue weighted by Gasteiger charge is 2.42. The molecule has 2 aliphatic heterocycles. The molecule has 0 saturated heterocycles. The Kier molecular flexibility index (Phi) is 3.55. The molecule has 0 unspecified atom stereocenters. The van der Waals surface area contributed by atoms with Crippen LogP contribution in [-0.4, -0.2) is 33.4 Å². The van der Waals surface area contributed by atoms with E-state index >= 15 is 0 Å². The predicted molar refractivity (Wildman–Crippen MR) is 90.2 cm³/mol. The number of hydrogen-bond acceptors (Lipinski definition) is 7. The van der Waals surface area contributed by atoms with Crippen molar-refractivity contribution in [2.45, 2.75) is 4.90 Å². The SMILES string of the molecule is COC(=O)C1=C(O)c2ccccc2S(=O)(=O)N1c1ccc2c(c1)OCO2. The Morgan fingerprint density at radius 2 is 1.88 bits per heavy atom. The lowest BCUT2D eigenvalue weighted by molar-refractivity contribution is -0.136. The summed E-state index contributed by atoms with van der Waals surface area (Å²) in [6.45, 7) is 0.0132. The smallest absolute Gasteiger partial charge is 0.359 e. The van der Waals surface area contributed by atoms with Crippen molar-refractivity contribution in [3.05, 3.63) is 53.7 Å². The van der Waals surface area contributed by atoms with Gasteiger partial charge in [0.25, 0.3) is 10.0 Å². The normalized spacial score (nSPS) is 17.0. The zero-order chi connectivity index (χ0) is 18.5. The van der Waals surface area contributed by atoms with Crippen LogP contribution in [0.3, 0.4) is 0 Å². The van der Waals surface area contributed by atoms with Gasteiger partial charge in [0.1, 0.15) is 0 Å². The standard InChI is InChI=1S/C17H13NO7S/c1-23-17(20)15-16(19)11-4-2-3-5-14(11)26(21,22)18(15)10-6-7-12-13(8-10)25-9-24-12/h2-8,19H,9H2,1H3. The van der Waals surface area contributed by atoms with Crippen molar-refractivity contribution in [2.24, 2.45) is 0 Å². The van der Waals surface area contributed by atoms with E-state index < -0.39 is 27.4 Å². The minimum absolute atomic E-state index is 0.0132. The first kappa shape index (κ1) is 16.3. The molecule has 2 heterocycles. The van der Waals surface area contributed by atoms with E-state index in [1.165, 1.54) is 36.4 Å². The average Bonchev–Trinajstić information content (AvgIpc) is 3.11. The minimum atomic E-state index is -4.17. The van der Waals surface area contributed by atoms with Gasteiger partial charge in [-0.3, -0.25) is 0 Å². The van der Waals surface area contributed by atoms with Gasteiger partial charge in [-0.25, -0.2) is 17.5 Å². The maximum Gasteiger partial charge on any atom is 0.359 e. The number of sulfonamides is 1. The number of methoxy groups -OCH3 is 1. The lowest BCUT2D eigenvalue weighted by Crippen LogP contribution is -2.38. The number of anilines is 1. The minimum Gasteiger partial charge on any atom is -0.505 e. The van der Waals surface area contributed by atoms with E-state index in [0.717, 1.165) is 11.4 Å². The molecule has 9 heteroatoms. The van der Waals surface area contributed by atoms with Gasteiger partial charge in [-0.2, -0.15) is 0 Å². The number of rotatable bonds is 2. The van der Waals surface area contributed by atoms with Gasteiger partial charge < -0.3 is 19.3 Å². The molecule has 2 aromatic carbocycles. The molecule has 0 saturated carbocycles. The van der Waals surface area contributed by atoms with E-state index in [-0.39, 0.29) is 22.9 Å². The number of nitrogens with zero attached hydrogens (tertiary/aromatic N) is 1. The van der Waals surface area contributed by atoms with Gasteiger partial charge in [0.15, 0.2) is 23.0 Å². The summed E-state index contributed by atoms with van der Waals surface area (Å²) in [7, 11) is -3.07. The summed E-state index contributed by atoms with van der Waals surface area (Å²) < 4.78 is 42.3. The zero-order valence-corrected chi connectivity index (χ0v) is 14.3. The first-order chi connectivity index (χ1) is 12.4. The van der Waals surface area contributed by atoms with E-state index in [2.05, 4.69) is 0 Å². The molecule has 0 fully saturated rings. The van der Waals surface area contributed by atoms with E-state index in [4.69, 9.17) is 14.2 Å². The van der Waals surface area contributed by atoms with E-state index in [1.807, 2.05) is 0 Å². The summed E-state index contributed by atoms with van der Waals surface area (Å²) in [5.41, 5.74) is -0.356. The summed E-state index contributed by atoms with van der Waals surface area (Å²) in [6.07, 6.45) is 0. The summed E-state index contributed by atoms with van der Waals surface area (Å²) in [6, 6.07) is 10.3. The second-order valence-electron chi connectivity index (χ2n) is 5.49. The van der Waals surface area contributed by atoms with E-state index in [0.29, 0.717) is 11.5 Å².